The van der Waals surface area contributed by atoms with Crippen molar-refractivity contribution in [2.45, 2.75) is 62.8 Å². The largest absolute Gasteiger partial charge is 0.459 e. The predicted octanol–water partition coefficient (Wildman–Crippen LogP) is 4.27. The first kappa shape index (κ1) is 20.1. The Balaban J connectivity index is 1.49. The third-order valence-corrected chi connectivity index (χ3v) is 7.03. The number of ether oxygens (including phenoxy) is 2. The van der Waals surface area contributed by atoms with Gasteiger partial charge in [-0.1, -0.05) is 30.9 Å². The molecule has 0 bridgehead atoms. The molecule has 2 amide bonds. The zero-order chi connectivity index (χ0) is 20.7. The summed E-state index contributed by atoms with van der Waals surface area (Å²) in [4.78, 5) is 12.4. The van der Waals surface area contributed by atoms with Crippen LogP contribution in [0.25, 0.3) is 11.0 Å². The fourth-order valence-electron chi connectivity index (χ4n) is 5.23. The Morgan fingerprint density at radius 3 is 2.93 bits per heavy atom. The molecule has 2 atom stereocenters. The first-order chi connectivity index (χ1) is 14.6. The van der Waals surface area contributed by atoms with Crippen LogP contribution in [-0.2, 0) is 21.6 Å². The average molecular weight is 434 g/mol. The lowest BCUT2D eigenvalue weighted by molar-refractivity contribution is -0.0504. The molecule has 7 nitrogen and oxygen atoms in total. The Labute approximate surface area is 180 Å². The minimum Gasteiger partial charge on any atom is -0.459 e. The van der Waals surface area contributed by atoms with E-state index in [4.69, 9.17) is 25.5 Å². The smallest absolute Gasteiger partial charge is 0.319 e. The van der Waals surface area contributed by atoms with Gasteiger partial charge in [0.25, 0.3) is 0 Å². The van der Waals surface area contributed by atoms with E-state index in [-0.39, 0.29) is 18.2 Å². The van der Waals surface area contributed by atoms with Crippen molar-refractivity contribution in [2.24, 2.45) is 0 Å². The summed E-state index contributed by atoms with van der Waals surface area (Å²) in [7, 11) is 1.72. The number of carbonyl (C=O) groups excluding carboxylic acids is 1. The van der Waals surface area contributed by atoms with Gasteiger partial charge in [-0.05, 0) is 31.4 Å². The molecule has 1 saturated carbocycles. The van der Waals surface area contributed by atoms with E-state index in [2.05, 4.69) is 16.0 Å². The highest BCUT2D eigenvalue weighted by Gasteiger charge is 2.43. The maximum atomic E-state index is 12.4. The molecule has 3 aliphatic rings. The van der Waals surface area contributed by atoms with E-state index in [9.17, 15) is 4.79 Å². The number of benzene rings is 1. The number of methoxy groups -OCH3 is 1. The van der Waals surface area contributed by atoms with Crippen LogP contribution in [0.2, 0.25) is 5.02 Å². The zero-order valence-corrected chi connectivity index (χ0v) is 17.9. The van der Waals surface area contributed by atoms with Gasteiger partial charge in [0.15, 0.2) is 0 Å². The van der Waals surface area contributed by atoms with Crippen LogP contribution in [0.1, 0.15) is 49.8 Å². The van der Waals surface area contributed by atoms with Crippen LogP contribution in [0.3, 0.4) is 0 Å². The summed E-state index contributed by atoms with van der Waals surface area (Å²) >= 11 is 6.60. The number of rotatable bonds is 4. The van der Waals surface area contributed by atoms with Crippen molar-refractivity contribution < 1.29 is 18.7 Å². The van der Waals surface area contributed by atoms with E-state index < -0.39 is 5.54 Å². The molecule has 5 rings (SSSR count). The highest BCUT2D eigenvalue weighted by Crippen LogP contribution is 2.48. The van der Waals surface area contributed by atoms with Gasteiger partial charge in [-0.25, -0.2) is 4.79 Å². The molecule has 1 aromatic heterocycles. The molecule has 2 fully saturated rings. The van der Waals surface area contributed by atoms with Crippen molar-refractivity contribution in [2.75, 3.05) is 25.6 Å². The van der Waals surface area contributed by atoms with Crippen LogP contribution < -0.4 is 16.0 Å². The van der Waals surface area contributed by atoms with Crippen molar-refractivity contribution in [1.29, 1.82) is 0 Å². The maximum absolute atomic E-state index is 12.4. The number of furan rings is 1. The number of hydrogen-bond donors (Lipinski definition) is 3. The molecule has 8 heteroatoms. The molecular formula is C22H28ClN3O4. The van der Waals surface area contributed by atoms with Gasteiger partial charge in [-0.3, -0.25) is 0 Å². The second-order valence-electron chi connectivity index (χ2n) is 8.59. The Hall–Kier alpha value is -1.80. The fourth-order valence-corrected chi connectivity index (χ4v) is 5.49. The number of urea groups is 1. The van der Waals surface area contributed by atoms with Crippen molar-refractivity contribution in [1.82, 2.24) is 10.6 Å². The normalized spacial score (nSPS) is 25.7. The second-order valence-corrected chi connectivity index (χ2v) is 8.99. The number of fused-ring (bicyclic) bond motifs is 4. The van der Waals surface area contributed by atoms with E-state index in [0.29, 0.717) is 23.9 Å². The number of amides is 2. The fraction of sp³-hybridized carbons (Fsp3) is 0.591. The van der Waals surface area contributed by atoms with Crippen molar-refractivity contribution >= 4 is 34.3 Å². The van der Waals surface area contributed by atoms with Crippen LogP contribution in [0, 0.1) is 0 Å². The minimum atomic E-state index is -0.413. The molecule has 1 aromatic carbocycles. The third-order valence-electron chi connectivity index (χ3n) is 6.73. The second kappa shape index (κ2) is 8.04. The SMILES string of the molecule is CO[C@@H]1COCC[C@H]1NCc1cc2cc(Cl)c3c(c2o1)C1(CCCCC1)NC(=O)N3. The summed E-state index contributed by atoms with van der Waals surface area (Å²) in [6.45, 7) is 1.93. The molecule has 1 spiro atoms. The van der Waals surface area contributed by atoms with Gasteiger partial charge >= 0.3 is 6.03 Å². The molecule has 1 aliphatic carbocycles. The van der Waals surface area contributed by atoms with Gasteiger partial charge < -0.3 is 29.8 Å². The van der Waals surface area contributed by atoms with Gasteiger partial charge in [0.05, 0.1) is 35.5 Å². The predicted molar refractivity (Wildman–Crippen MR) is 115 cm³/mol. The first-order valence-corrected chi connectivity index (χ1v) is 11.2. The van der Waals surface area contributed by atoms with Gasteiger partial charge in [0, 0.05) is 30.7 Å². The zero-order valence-electron chi connectivity index (χ0n) is 17.2. The molecule has 1 saturated heterocycles. The Kier molecular flexibility index (Phi) is 5.39. The summed E-state index contributed by atoms with van der Waals surface area (Å²) in [5.41, 5.74) is 2.09. The molecule has 2 aromatic rings. The minimum absolute atomic E-state index is 0.0373. The Bertz CT molecular complexity index is 953. The quantitative estimate of drug-likeness (QED) is 0.670. The number of hydrogen-bond acceptors (Lipinski definition) is 5. The lowest BCUT2D eigenvalue weighted by Gasteiger charge is -2.42. The van der Waals surface area contributed by atoms with E-state index in [1.807, 2.05) is 12.1 Å². The van der Waals surface area contributed by atoms with E-state index in [0.717, 1.165) is 61.0 Å². The topological polar surface area (TPSA) is 84.8 Å². The van der Waals surface area contributed by atoms with Crippen LogP contribution in [0.5, 0.6) is 0 Å². The Morgan fingerprint density at radius 2 is 2.13 bits per heavy atom. The van der Waals surface area contributed by atoms with Gasteiger partial charge in [-0.15, -0.1) is 0 Å². The molecule has 0 unspecified atom stereocenters. The molecule has 2 aliphatic heterocycles. The maximum Gasteiger partial charge on any atom is 0.319 e. The Morgan fingerprint density at radius 1 is 1.30 bits per heavy atom. The number of anilines is 1. The highest BCUT2D eigenvalue weighted by molar-refractivity contribution is 6.35. The summed E-state index contributed by atoms with van der Waals surface area (Å²) in [6.07, 6.45) is 6.07. The van der Waals surface area contributed by atoms with E-state index in [1.54, 1.807) is 7.11 Å². The summed E-state index contributed by atoms with van der Waals surface area (Å²) in [6, 6.07) is 3.96. The number of nitrogens with one attached hydrogen (secondary N) is 3. The monoisotopic (exact) mass is 433 g/mol. The molecule has 0 radical (unpaired) electrons. The van der Waals surface area contributed by atoms with Crippen molar-refractivity contribution in [3.05, 3.63) is 28.5 Å². The van der Waals surface area contributed by atoms with Crippen LogP contribution in [0.15, 0.2) is 16.5 Å². The average Bonchev–Trinajstić information content (AvgIpc) is 3.15. The van der Waals surface area contributed by atoms with Crippen molar-refractivity contribution in [3.63, 3.8) is 0 Å². The third kappa shape index (κ3) is 3.47. The highest BCUT2D eigenvalue weighted by atomic mass is 35.5. The summed E-state index contributed by atoms with van der Waals surface area (Å²) < 4.78 is 17.4. The first-order valence-electron chi connectivity index (χ1n) is 10.8. The summed E-state index contributed by atoms with van der Waals surface area (Å²) in [5, 5.41) is 11.2. The number of carbonyl (C=O) groups is 1. The lowest BCUT2D eigenvalue weighted by Crippen LogP contribution is -2.52. The van der Waals surface area contributed by atoms with Crippen molar-refractivity contribution in [3.8, 4) is 0 Å². The van der Waals surface area contributed by atoms with E-state index >= 15 is 0 Å². The lowest BCUT2D eigenvalue weighted by atomic mass is 9.74. The van der Waals surface area contributed by atoms with Gasteiger partial charge in [0.2, 0.25) is 0 Å². The molecule has 162 valence electrons. The number of halogens is 1. The summed E-state index contributed by atoms with van der Waals surface area (Å²) in [5.74, 6) is 0.846. The van der Waals surface area contributed by atoms with Gasteiger partial charge in [0.1, 0.15) is 11.3 Å². The van der Waals surface area contributed by atoms with Crippen LogP contribution in [0.4, 0.5) is 10.5 Å². The molecular weight excluding hydrogens is 406 g/mol. The molecule has 3 heterocycles. The van der Waals surface area contributed by atoms with Crippen LogP contribution in [-0.4, -0.2) is 38.5 Å². The van der Waals surface area contributed by atoms with Gasteiger partial charge in [-0.2, -0.15) is 0 Å². The van der Waals surface area contributed by atoms with E-state index in [1.165, 1.54) is 6.42 Å². The molecule has 30 heavy (non-hydrogen) atoms. The molecule has 3 N–H and O–H groups in total. The standard InChI is InChI=1S/C22H28ClN3O4/c1-28-17-12-29-8-5-16(17)24-11-14-9-13-10-15(23)19-18(20(13)30-14)22(26-21(27)25-19)6-3-2-4-7-22/h9-10,16-17,24H,2-8,11-12H2,1H3,(H2,25,26,27)/t16-,17-/m1/s1. The van der Waals surface area contributed by atoms with Crippen LogP contribution >= 0.6 is 11.6 Å².